The summed E-state index contributed by atoms with van der Waals surface area (Å²) in [6, 6.07) is 12.2. The molecule has 0 amide bonds. The highest BCUT2D eigenvalue weighted by atomic mass is 16.5. The second-order valence-corrected chi connectivity index (χ2v) is 9.76. The van der Waals surface area contributed by atoms with Gasteiger partial charge in [-0.1, -0.05) is 46.1 Å². The molecule has 2 aromatic carbocycles. The lowest BCUT2D eigenvalue weighted by atomic mass is 9.73. The molecule has 3 rings (SSSR count). The van der Waals surface area contributed by atoms with Gasteiger partial charge in [-0.25, -0.2) is 4.79 Å². The highest BCUT2D eigenvalue weighted by Crippen LogP contribution is 2.45. The Morgan fingerprint density at radius 2 is 1.76 bits per heavy atom. The third-order valence-corrected chi connectivity index (χ3v) is 6.72. The SMILES string of the molecule is CCCCCCOc1cc2c(cc1N(CC)c1ccc(C(=O)OCC)cc1)C(C)=CCC2(C)C. The van der Waals surface area contributed by atoms with Crippen molar-refractivity contribution in [1.29, 1.82) is 0 Å². The van der Waals surface area contributed by atoms with Crippen molar-refractivity contribution >= 4 is 22.9 Å². The van der Waals surface area contributed by atoms with Gasteiger partial charge in [0, 0.05) is 12.2 Å². The molecular formula is C30H41NO3. The van der Waals surface area contributed by atoms with E-state index in [-0.39, 0.29) is 11.4 Å². The number of allylic oxidation sites excluding steroid dienone is 2. The van der Waals surface area contributed by atoms with Crippen molar-refractivity contribution in [1.82, 2.24) is 0 Å². The number of fused-ring (bicyclic) bond motifs is 1. The van der Waals surface area contributed by atoms with E-state index >= 15 is 0 Å². The topological polar surface area (TPSA) is 38.8 Å². The van der Waals surface area contributed by atoms with E-state index in [2.05, 4.69) is 57.7 Å². The molecular weight excluding hydrogens is 422 g/mol. The molecule has 0 saturated heterocycles. The molecule has 0 unspecified atom stereocenters. The van der Waals surface area contributed by atoms with Gasteiger partial charge in [-0.05, 0) is 92.1 Å². The number of anilines is 2. The van der Waals surface area contributed by atoms with E-state index in [0.29, 0.717) is 12.2 Å². The molecule has 1 aliphatic carbocycles. The number of ether oxygens (including phenoxy) is 2. The summed E-state index contributed by atoms with van der Waals surface area (Å²) < 4.78 is 11.6. The maximum Gasteiger partial charge on any atom is 0.338 e. The lowest BCUT2D eigenvalue weighted by Gasteiger charge is -2.34. The van der Waals surface area contributed by atoms with Crippen LogP contribution >= 0.6 is 0 Å². The first-order valence-electron chi connectivity index (χ1n) is 12.9. The van der Waals surface area contributed by atoms with E-state index in [1.807, 2.05) is 31.2 Å². The van der Waals surface area contributed by atoms with Crippen LogP contribution in [0.15, 0.2) is 42.5 Å². The molecule has 0 aliphatic heterocycles. The summed E-state index contributed by atoms with van der Waals surface area (Å²) in [5, 5.41) is 0. The number of rotatable bonds is 11. The Morgan fingerprint density at radius 1 is 1.03 bits per heavy atom. The van der Waals surface area contributed by atoms with E-state index in [1.165, 1.54) is 36.0 Å². The number of hydrogen-bond donors (Lipinski definition) is 0. The largest absolute Gasteiger partial charge is 0.491 e. The Hall–Kier alpha value is -2.75. The van der Waals surface area contributed by atoms with Crippen LogP contribution in [0.25, 0.3) is 5.57 Å². The monoisotopic (exact) mass is 463 g/mol. The summed E-state index contributed by atoms with van der Waals surface area (Å²) in [4.78, 5) is 14.4. The molecule has 4 heteroatoms. The quantitative estimate of drug-likeness (QED) is 0.249. The maximum atomic E-state index is 12.1. The van der Waals surface area contributed by atoms with Gasteiger partial charge in [-0.2, -0.15) is 0 Å². The average Bonchev–Trinajstić information content (AvgIpc) is 2.83. The number of carbonyl (C=O) groups is 1. The van der Waals surface area contributed by atoms with Crippen molar-refractivity contribution < 1.29 is 14.3 Å². The Bertz CT molecular complexity index is 1000. The minimum absolute atomic E-state index is 0.0754. The smallest absolute Gasteiger partial charge is 0.338 e. The second-order valence-electron chi connectivity index (χ2n) is 9.76. The van der Waals surface area contributed by atoms with Crippen LogP contribution in [-0.2, 0) is 10.2 Å². The third-order valence-electron chi connectivity index (χ3n) is 6.72. The first kappa shape index (κ1) is 25.9. The molecule has 2 aromatic rings. The summed E-state index contributed by atoms with van der Waals surface area (Å²) in [7, 11) is 0. The zero-order valence-corrected chi connectivity index (χ0v) is 21.9. The predicted octanol–water partition coefficient (Wildman–Crippen LogP) is 8.07. The average molecular weight is 464 g/mol. The van der Waals surface area contributed by atoms with Gasteiger partial charge in [-0.15, -0.1) is 0 Å². The predicted molar refractivity (Wildman–Crippen MR) is 142 cm³/mol. The van der Waals surface area contributed by atoms with Crippen LogP contribution in [0.4, 0.5) is 11.4 Å². The van der Waals surface area contributed by atoms with Crippen LogP contribution in [0.1, 0.15) is 95.1 Å². The highest BCUT2D eigenvalue weighted by Gasteiger charge is 2.29. The highest BCUT2D eigenvalue weighted by molar-refractivity contribution is 5.90. The minimum atomic E-state index is -0.287. The van der Waals surface area contributed by atoms with Gasteiger partial charge in [0.15, 0.2) is 0 Å². The standard InChI is InChI=1S/C30H41NO3/c1-7-10-11-12-19-34-28-21-26-25(22(4)17-18-30(26,5)6)20-27(28)31(8-2)24-15-13-23(14-16-24)29(32)33-9-3/h13-17,20-21H,7-12,18-19H2,1-6H3. The van der Waals surface area contributed by atoms with Crippen molar-refractivity contribution in [2.75, 3.05) is 24.7 Å². The van der Waals surface area contributed by atoms with E-state index in [4.69, 9.17) is 9.47 Å². The third kappa shape index (κ3) is 5.84. The zero-order chi connectivity index (χ0) is 24.7. The molecule has 0 bridgehead atoms. The molecule has 0 atom stereocenters. The van der Waals surface area contributed by atoms with Gasteiger partial charge in [0.1, 0.15) is 5.75 Å². The van der Waals surface area contributed by atoms with Crippen LogP contribution < -0.4 is 9.64 Å². The van der Waals surface area contributed by atoms with E-state index in [0.717, 1.165) is 43.1 Å². The molecule has 34 heavy (non-hydrogen) atoms. The Morgan fingerprint density at radius 3 is 2.41 bits per heavy atom. The van der Waals surface area contributed by atoms with Crippen LogP contribution in [0, 0.1) is 0 Å². The molecule has 0 spiro atoms. The van der Waals surface area contributed by atoms with Crippen molar-refractivity contribution in [2.45, 2.75) is 79.1 Å². The number of esters is 1. The van der Waals surface area contributed by atoms with Crippen molar-refractivity contribution in [3.8, 4) is 5.75 Å². The van der Waals surface area contributed by atoms with Gasteiger partial charge in [0.05, 0.1) is 24.5 Å². The second kappa shape index (κ2) is 11.6. The molecule has 0 aromatic heterocycles. The molecule has 0 N–H and O–H groups in total. The van der Waals surface area contributed by atoms with Gasteiger partial charge in [-0.3, -0.25) is 0 Å². The summed E-state index contributed by atoms with van der Waals surface area (Å²) in [5.74, 6) is 0.652. The summed E-state index contributed by atoms with van der Waals surface area (Å²) in [5.41, 5.74) is 6.72. The first-order chi connectivity index (χ1) is 16.3. The number of hydrogen-bond acceptors (Lipinski definition) is 4. The van der Waals surface area contributed by atoms with Crippen molar-refractivity contribution in [3.63, 3.8) is 0 Å². The van der Waals surface area contributed by atoms with Gasteiger partial charge < -0.3 is 14.4 Å². The minimum Gasteiger partial charge on any atom is -0.491 e. The molecule has 0 fully saturated rings. The van der Waals surface area contributed by atoms with E-state index in [9.17, 15) is 4.79 Å². The molecule has 0 heterocycles. The van der Waals surface area contributed by atoms with Crippen molar-refractivity contribution in [2.24, 2.45) is 0 Å². The van der Waals surface area contributed by atoms with E-state index in [1.54, 1.807) is 0 Å². The normalized spacial score (nSPS) is 14.2. The molecule has 1 aliphatic rings. The van der Waals surface area contributed by atoms with Crippen LogP contribution in [0.2, 0.25) is 0 Å². The van der Waals surface area contributed by atoms with Crippen molar-refractivity contribution in [3.05, 3.63) is 59.2 Å². The van der Waals surface area contributed by atoms with Crippen LogP contribution in [0.5, 0.6) is 5.75 Å². The van der Waals surface area contributed by atoms with Gasteiger partial charge >= 0.3 is 5.97 Å². The number of nitrogens with zero attached hydrogens (tertiary/aromatic N) is 1. The lowest BCUT2D eigenvalue weighted by Crippen LogP contribution is -2.23. The maximum absolute atomic E-state index is 12.1. The van der Waals surface area contributed by atoms with E-state index < -0.39 is 0 Å². The summed E-state index contributed by atoms with van der Waals surface area (Å²) >= 11 is 0. The molecule has 0 radical (unpaired) electrons. The Labute approximate surface area is 206 Å². The fourth-order valence-electron chi connectivity index (χ4n) is 4.60. The lowest BCUT2D eigenvalue weighted by molar-refractivity contribution is 0.0526. The van der Waals surface area contributed by atoms with Crippen LogP contribution in [-0.4, -0.2) is 25.7 Å². The van der Waals surface area contributed by atoms with Gasteiger partial charge in [0.25, 0.3) is 0 Å². The number of carbonyl (C=O) groups excluding carboxylic acids is 1. The number of unbranched alkanes of at least 4 members (excludes halogenated alkanes) is 3. The first-order valence-corrected chi connectivity index (χ1v) is 12.9. The Balaban J connectivity index is 2.00. The fourth-order valence-corrected chi connectivity index (χ4v) is 4.60. The molecule has 184 valence electrons. The molecule has 0 saturated carbocycles. The van der Waals surface area contributed by atoms with Crippen LogP contribution in [0.3, 0.4) is 0 Å². The number of benzene rings is 2. The summed E-state index contributed by atoms with van der Waals surface area (Å²) in [6.45, 7) is 14.9. The molecule has 4 nitrogen and oxygen atoms in total. The Kier molecular flexibility index (Phi) is 8.82. The summed E-state index contributed by atoms with van der Waals surface area (Å²) in [6.07, 6.45) is 8.10. The van der Waals surface area contributed by atoms with Gasteiger partial charge in [0.2, 0.25) is 0 Å². The zero-order valence-electron chi connectivity index (χ0n) is 21.9. The fraction of sp³-hybridized carbons (Fsp3) is 0.500.